The highest BCUT2D eigenvalue weighted by atomic mass is 35.5. The van der Waals surface area contributed by atoms with Gasteiger partial charge >= 0.3 is 0 Å². The van der Waals surface area contributed by atoms with E-state index in [-0.39, 0.29) is 17.9 Å². The topological polar surface area (TPSA) is 70.7 Å². The lowest BCUT2D eigenvalue weighted by atomic mass is 10.0. The highest BCUT2D eigenvalue weighted by Gasteiger charge is 2.24. The average molecular weight is 444 g/mol. The number of methoxy groups -OCH3 is 1. The highest BCUT2D eigenvalue weighted by Crippen LogP contribution is 2.26. The van der Waals surface area contributed by atoms with Crippen molar-refractivity contribution in [3.05, 3.63) is 64.7 Å². The van der Waals surface area contributed by atoms with Gasteiger partial charge < -0.3 is 15.4 Å². The van der Waals surface area contributed by atoms with Gasteiger partial charge in [0.05, 0.1) is 13.2 Å². The first-order valence-electron chi connectivity index (χ1n) is 10.7. The summed E-state index contributed by atoms with van der Waals surface area (Å²) < 4.78 is 5.27. The first-order chi connectivity index (χ1) is 15.0. The van der Waals surface area contributed by atoms with Gasteiger partial charge in [0.25, 0.3) is 5.91 Å². The molecule has 0 aromatic heterocycles. The van der Waals surface area contributed by atoms with Gasteiger partial charge in [0.2, 0.25) is 5.91 Å². The van der Waals surface area contributed by atoms with E-state index in [0.717, 1.165) is 37.2 Å². The molecule has 2 aromatic rings. The lowest BCUT2D eigenvalue weighted by Gasteiger charge is -2.35. The standard InChI is InChI=1S/C24H30ClN3O3/c1-17(27-24(30)19-6-10-20(25)11-7-19)23(29)26-16-22(28-14-4-3-5-15-28)18-8-12-21(31-2)13-9-18/h6-13,17,22H,3-5,14-16H2,1-2H3,(H,26,29)(H,27,30). The summed E-state index contributed by atoms with van der Waals surface area (Å²) >= 11 is 5.87. The van der Waals surface area contributed by atoms with Gasteiger partial charge in [-0.15, -0.1) is 0 Å². The molecule has 6 nitrogen and oxygen atoms in total. The van der Waals surface area contributed by atoms with Crippen LogP contribution >= 0.6 is 11.6 Å². The van der Waals surface area contributed by atoms with Crippen LogP contribution in [-0.4, -0.2) is 49.5 Å². The second-order valence-corrected chi connectivity index (χ2v) is 8.27. The minimum atomic E-state index is -0.652. The number of halogens is 1. The monoisotopic (exact) mass is 443 g/mol. The smallest absolute Gasteiger partial charge is 0.251 e. The van der Waals surface area contributed by atoms with Crippen LogP contribution in [0.1, 0.15) is 48.1 Å². The summed E-state index contributed by atoms with van der Waals surface area (Å²) in [5.41, 5.74) is 1.61. The third-order valence-electron chi connectivity index (χ3n) is 5.65. The Bertz CT molecular complexity index is 865. The number of carbonyl (C=O) groups excluding carboxylic acids is 2. The zero-order valence-electron chi connectivity index (χ0n) is 18.1. The van der Waals surface area contributed by atoms with Gasteiger partial charge in [-0.3, -0.25) is 14.5 Å². The van der Waals surface area contributed by atoms with E-state index in [2.05, 4.69) is 27.7 Å². The fraction of sp³-hybridized carbons (Fsp3) is 0.417. The van der Waals surface area contributed by atoms with Gasteiger partial charge in [0.1, 0.15) is 11.8 Å². The van der Waals surface area contributed by atoms with Crippen LogP contribution in [0, 0.1) is 0 Å². The molecule has 0 saturated carbocycles. The Hall–Kier alpha value is -2.57. The molecule has 1 heterocycles. The molecule has 166 valence electrons. The molecule has 3 rings (SSSR count). The molecular formula is C24H30ClN3O3. The van der Waals surface area contributed by atoms with Crippen LogP contribution in [0.3, 0.4) is 0 Å². The number of carbonyl (C=O) groups is 2. The van der Waals surface area contributed by atoms with Crippen molar-refractivity contribution in [2.24, 2.45) is 0 Å². The predicted molar refractivity (Wildman–Crippen MR) is 123 cm³/mol. The predicted octanol–water partition coefficient (Wildman–Crippen LogP) is 3.81. The zero-order valence-corrected chi connectivity index (χ0v) is 18.8. The number of nitrogens with zero attached hydrogens (tertiary/aromatic N) is 1. The number of nitrogens with one attached hydrogen (secondary N) is 2. The van der Waals surface area contributed by atoms with E-state index in [1.807, 2.05) is 12.1 Å². The number of amides is 2. The van der Waals surface area contributed by atoms with Crippen molar-refractivity contribution in [1.29, 1.82) is 0 Å². The van der Waals surface area contributed by atoms with E-state index in [1.54, 1.807) is 38.3 Å². The van der Waals surface area contributed by atoms with Gasteiger partial charge in [-0.05, 0) is 74.8 Å². The molecule has 1 aliphatic rings. The molecule has 2 aromatic carbocycles. The van der Waals surface area contributed by atoms with Crippen molar-refractivity contribution in [3.63, 3.8) is 0 Å². The molecule has 2 atom stereocenters. The first kappa shape index (κ1) is 23.1. The normalized spacial score (nSPS) is 16.2. The highest BCUT2D eigenvalue weighted by molar-refractivity contribution is 6.30. The molecule has 1 aliphatic heterocycles. The van der Waals surface area contributed by atoms with Crippen molar-refractivity contribution in [2.45, 2.75) is 38.3 Å². The SMILES string of the molecule is COc1ccc(C(CNC(=O)C(C)NC(=O)c2ccc(Cl)cc2)N2CCCCC2)cc1. The maximum atomic E-state index is 12.7. The van der Waals surface area contributed by atoms with Crippen LogP contribution in [0.25, 0.3) is 0 Å². The van der Waals surface area contributed by atoms with Crippen molar-refractivity contribution >= 4 is 23.4 Å². The molecule has 0 bridgehead atoms. The maximum absolute atomic E-state index is 12.7. The van der Waals surface area contributed by atoms with E-state index < -0.39 is 6.04 Å². The van der Waals surface area contributed by atoms with E-state index in [0.29, 0.717) is 17.1 Å². The average Bonchev–Trinajstić information content (AvgIpc) is 2.80. The van der Waals surface area contributed by atoms with Crippen LogP contribution < -0.4 is 15.4 Å². The number of hydrogen-bond acceptors (Lipinski definition) is 4. The Morgan fingerprint density at radius 1 is 1.03 bits per heavy atom. The Morgan fingerprint density at radius 3 is 2.29 bits per heavy atom. The van der Waals surface area contributed by atoms with Crippen LogP contribution in [0.15, 0.2) is 48.5 Å². The summed E-state index contributed by atoms with van der Waals surface area (Å²) in [6.45, 7) is 4.18. The lowest BCUT2D eigenvalue weighted by Crippen LogP contribution is -2.47. The number of benzene rings is 2. The van der Waals surface area contributed by atoms with Crippen molar-refractivity contribution in [1.82, 2.24) is 15.5 Å². The number of ether oxygens (including phenoxy) is 1. The molecule has 0 spiro atoms. The number of hydrogen-bond donors (Lipinski definition) is 2. The van der Waals surface area contributed by atoms with Crippen molar-refractivity contribution < 1.29 is 14.3 Å². The fourth-order valence-electron chi connectivity index (χ4n) is 3.81. The van der Waals surface area contributed by atoms with E-state index in [4.69, 9.17) is 16.3 Å². The Balaban J connectivity index is 1.61. The minimum Gasteiger partial charge on any atom is -0.497 e. The fourth-order valence-corrected chi connectivity index (χ4v) is 3.94. The van der Waals surface area contributed by atoms with Gasteiger partial charge in [-0.1, -0.05) is 30.2 Å². The molecule has 2 N–H and O–H groups in total. The number of piperidine rings is 1. The summed E-state index contributed by atoms with van der Waals surface area (Å²) in [5.74, 6) is 0.295. The van der Waals surface area contributed by atoms with E-state index in [9.17, 15) is 9.59 Å². The van der Waals surface area contributed by atoms with Crippen molar-refractivity contribution in [3.8, 4) is 5.75 Å². The quantitative estimate of drug-likeness (QED) is 0.650. The second-order valence-electron chi connectivity index (χ2n) is 7.83. The molecule has 0 aliphatic carbocycles. The third kappa shape index (κ3) is 6.45. The first-order valence-corrected chi connectivity index (χ1v) is 11.1. The molecule has 0 radical (unpaired) electrons. The largest absolute Gasteiger partial charge is 0.497 e. The number of rotatable bonds is 8. The minimum absolute atomic E-state index is 0.0781. The molecule has 1 fully saturated rings. The Labute approximate surface area is 188 Å². The third-order valence-corrected chi connectivity index (χ3v) is 5.90. The molecule has 1 saturated heterocycles. The van der Waals surface area contributed by atoms with E-state index >= 15 is 0 Å². The molecule has 31 heavy (non-hydrogen) atoms. The second kappa shape index (κ2) is 11.2. The van der Waals surface area contributed by atoms with Crippen molar-refractivity contribution in [2.75, 3.05) is 26.7 Å². The van der Waals surface area contributed by atoms with Crippen LogP contribution in [0.5, 0.6) is 5.75 Å². The summed E-state index contributed by atoms with van der Waals surface area (Å²) in [4.78, 5) is 27.5. The Kier molecular flexibility index (Phi) is 8.32. The van der Waals surface area contributed by atoms with Crippen LogP contribution in [0.2, 0.25) is 5.02 Å². The van der Waals surface area contributed by atoms with Crippen LogP contribution in [-0.2, 0) is 4.79 Å². The van der Waals surface area contributed by atoms with Crippen LogP contribution in [0.4, 0.5) is 0 Å². The summed E-state index contributed by atoms with van der Waals surface area (Å²) in [5, 5.41) is 6.33. The molecule has 2 amide bonds. The van der Waals surface area contributed by atoms with E-state index in [1.165, 1.54) is 6.42 Å². The summed E-state index contributed by atoms with van der Waals surface area (Å²) in [6.07, 6.45) is 3.56. The zero-order chi connectivity index (χ0) is 22.2. The summed E-state index contributed by atoms with van der Waals surface area (Å²) in [7, 11) is 1.65. The van der Waals surface area contributed by atoms with Gasteiger partial charge in [-0.25, -0.2) is 0 Å². The summed E-state index contributed by atoms with van der Waals surface area (Å²) in [6, 6.07) is 14.0. The molecule has 7 heteroatoms. The number of likely N-dealkylation sites (tertiary alicyclic amines) is 1. The maximum Gasteiger partial charge on any atom is 0.251 e. The van der Waals surface area contributed by atoms with Gasteiger partial charge in [-0.2, -0.15) is 0 Å². The lowest BCUT2D eigenvalue weighted by molar-refractivity contribution is -0.122. The Morgan fingerprint density at radius 2 is 1.68 bits per heavy atom. The van der Waals surface area contributed by atoms with Gasteiger partial charge in [0.15, 0.2) is 0 Å². The molecule has 2 unspecified atom stereocenters. The molecular weight excluding hydrogens is 414 g/mol. The van der Waals surface area contributed by atoms with Gasteiger partial charge in [0, 0.05) is 17.1 Å².